The summed E-state index contributed by atoms with van der Waals surface area (Å²) in [6.07, 6.45) is 1.55. The van der Waals surface area contributed by atoms with Crippen molar-refractivity contribution in [3.63, 3.8) is 0 Å². The van der Waals surface area contributed by atoms with E-state index < -0.39 is 25.9 Å². The van der Waals surface area contributed by atoms with Crippen molar-refractivity contribution in [2.24, 2.45) is 0 Å². The Hall–Kier alpha value is -4.05. The maximum Gasteiger partial charge on any atom is 0.332 e. The molecular weight excluding hydrogens is 439 g/mol. The van der Waals surface area contributed by atoms with E-state index in [0.29, 0.717) is 16.9 Å². The molecule has 1 amide bonds. The third-order valence-corrected chi connectivity index (χ3v) is 5.27. The molecule has 3 aromatic carbocycles. The highest BCUT2D eigenvalue weighted by Gasteiger charge is 2.16. The molecule has 1 N–H and O–H groups in total. The molecule has 0 heterocycles. The van der Waals surface area contributed by atoms with Crippen molar-refractivity contribution in [3.8, 4) is 5.75 Å². The van der Waals surface area contributed by atoms with Gasteiger partial charge in [-0.2, -0.15) is 8.42 Å². The van der Waals surface area contributed by atoms with Gasteiger partial charge in [0.25, 0.3) is 11.6 Å². The van der Waals surface area contributed by atoms with E-state index >= 15 is 0 Å². The molecule has 0 saturated carbocycles. The van der Waals surface area contributed by atoms with Crippen molar-refractivity contribution >= 4 is 39.2 Å². The van der Waals surface area contributed by atoms with Crippen LogP contribution >= 0.6 is 0 Å². The van der Waals surface area contributed by atoms with E-state index in [1.54, 1.807) is 30.3 Å². The van der Waals surface area contributed by atoms with Crippen molar-refractivity contribution in [2.45, 2.75) is 4.90 Å². The Morgan fingerprint density at radius 1 is 1.06 bits per heavy atom. The van der Waals surface area contributed by atoms with E-state index in [2.05, 4.69) is 5.32 Å². The van der Waals surface area contributed by atoms with Gasteiger partial charge in [0.05, 0.1) is 16.9 Å². The first kappa shape index (κ1) is 22.6. The molecule has 8 nitrogen and oxygen atoms in total. The first-order valence-electron chi connectivity index (χ1n) is 9.14. The van der Waals surface area contributed by atoms with Crippen molar-refractivity contribution < 1.29 is 26.8 Å². The van der Waals surface area contributed by atoms with E-state index in [-0.39, 0.29) is 16.9 Å². The van der Waals surface area contributed by atoms with Crippen LogP contribution in [0.15, 0.2) is 77.7 Å². The Kier molecular flexibility index (Phi) is 6.64. The van der Waals surface area contributed by atoms with Crippen LogP contribution < -0.4 is 10.1 Å². The number of amides is 1. The fourth-order valence-corrected chi connectivity index (χ4v) is 3.29. The normalized spacial score (nSPS) is 11.6. The van der Waals surface area contributed by atoms with E-state index in [0.717, 1.165) is 12.1 Å². The van der Waals surface area contributed by atoms with Crippen LogP contribution in [0.5, 0.6) is 5.75 Å². The van der Waals surface area contributed by atoms with Crippen LogP contribution in [0.2, 0.25) is 0 Å². The van der Waals surface area contributed by atoms with E-state index in [9.17, 15) is 27.2 Å². The van der Waals surface area contributed by atoms with Gasteiger partial charge in [0.15, 0.2) is 0 Å². The van der Waals surface area contributed by atoms with Crippen molar-refractivity contribution in [2.75, 3.05) is 12.4 Å². The van der Waals surface area contributed by atoms with Gasteiger partial charge in [0.2, 0.25) is 0 Å². The van der Waals surface area contributed by atoms with E-state index in [1.165, 1.54) is 43.5 Å². The molecular formula is C22H17FN2O6S. The predicted molar refractivity (Wildman–Crippen MR) is 117 cm³/mol. The molecule has 0 aromatic heterocycles. The number of nitrogens with zero attached hydrogens (tertiary/aromatic N) is 1. The van der Waals surface area contributed by atoms with Crippen LogP contribution in [-0.2, 0) is 15.0 Å². The summed E-state index contributed by atoms with van der Waals surface area (Å²) in [4.78, 5) is 22.9. The number of hydrogen-bond donors (Lipinski definition) is 1. The zero-order valence-electron chi connectivity index (χ0n) is 16.7. The van der Waals surface area contributed by atoms with Crippen LogP contribution in [0.25, 0.3) is 11.6 Å². The summed E-state index contributed by atoms with van der Waals surface area (Å²) in [6, 6.07) is 17.0. The number of carbonyl (C=O) groups is 1. The standard InChI is InChI=1S/C22H17FN2O6S/c1-31-19-4-2-3-16(14-19)21(13-15-5-9-18(10-6-15)25(27)28)22(26)24-17-7-11-20(12-8-17)32(23,29)30/h2-14H,1H3,(H,24,26). The second-order valence-electron chi connectivity index (χ2n) is 6.55. The smallest absolute Gasteiger partial charge is 0.332 e. The Balaban J connectivity index is 1.97. The predicted octanol–water partition coefficient (Wildman–Crippen LogP) is 4.44. The van der Waals surface area contributed by atoms with Crippen LogP contribution in [-0.4, -0.2) is 26.4 Å². The van der Waals surface area contributed by atoms with Crippen LogP contribution in [0.1, 0.15) is 11.1 Å². The van der Waals surface area contributed by atoms with Gasteiger partial charge in [0, 0.05) is 23.4 Å². The summed E-state index contributed by atoms with van der Waals surface area (Å²) in [7, 11) is -3.37. The van der Waals surface area contributed by atoms with Crippen LogP contribution in [0.3, 0.4) is 0 Å². The molecule has 0 aliphatic carbocycles. The minimum Gasteiger partial charge on any atom is -0.497 e. The van der Waals surface area contributed by atoms with Gasteiger partial charge in [-0.1, -0.05) is 12.1 Å². The summed E-state index contributed by atoms with van der Waals surface area (Å²) >= 11 is 0. The topological polar surface area (TPSA) is 116 Å². The minimum atomic E-state index is -4.85. The van der Waals surface area contributed by atoms with Gasteiger partial charge in [-0.25, -0.2) is 0 Å². The quantitative estimate of drug-likeness (QED) is 0.185. The van der Waals surface area contributed by atoms with Crippen molar-refractivity contribution in [1.29, 1.82) is 0 Å². The van der Waals surface area contributed by atoms with Crippen molar-refractivity contribution in [3.05, 3.63) is 94.0 Å². The summed E-state index contributed by atoms with van der Waals surface area (Å²) in [5.74, 6) is -0.0186. The van der Waals surface area contributed by atoms with Gasteiger partial charge in [0.1, 0.15) is 5.75 Å². The Morgan fingerprint density at radius 3 is 2.28 bits per heavy atom. The molecule has 0 aliphatic rings. The lowest BCUT2D eigenvalue weighted by molar-refractivity contribution is -0.384. The number of anilines is 1. The summed E-state index contributed by atoms with van der Waals surface area (Å²) in [5, 5.41) is 13.5. The summed E-state index contributed by atoms with van der Waals surface area (Å²) in [6.45, 7) is 0. The summed E-state index contributed by atoms with van der Waals surface area (Å²) in [5.41, 5.74) is 1.45. The fraction of sp³-hybridized carbons (Fsp3) is 0.0455. The zero-order valence-corrected chi connectivity index (χ0v) is 17.5. The lowest BCUT2D eigenvalue weighted by atomic mass is 10.0. The second kappa shape index (κ2) is 9.40. The molecule has 3 aromatic rings. The number of hydrogen-bond acceptors (Lipinski definition) is 6. The van der Waals surface area contributed by atoms with Crippen LogP contribution in [0.4, 0.5) is 15.3 Å². The Labute approximate surface area is 183 Å². The third kappa shape index (κ3) is 5.55. The molecule has 0 radical (unpaired) electrons. The first-order chi connectivity index (χ1) is 15.2. The Bertz CT molecular complexity index is 1290. The minimum absolute atomic E-state index is 0.0857. The highest BCUT2D eigenvalue weighted by atomic mass is 32.3. The molecule has 0 unspecified atom stereocenters. The number of benzene rings is 3. The van der Waals surface area contributed by atoms with E-state index in [1.807, 2.05) is 0 Å². The number of nitrogens with one attached hydrogen (secondary N) is 1. The molecule has 0 spiro atoms. The summed E-state index contributed by atoms with van der Waals surface area (Å²) < 4.78 is 40.2. The zero-order chi connectivity index (χ0) is 23.3. The average molecular weight is 456 g/mol. The molecule has 164 valence electrons. The maximum atomic E-state index is 13.1. The largest absolute Gasteiger partial charge is 0.497 e. The molecule has 3 rings (SSSR count). The van der Waals surface area contributed by atoms with E-state index in [4.69, 9.17) is 4.74 Å². The molecule has 0 atom stereocenters. The SMILES string of the molecule is COc1cccc(C(=Cc2ccc([N+](=O)[O-])cc2)C(=O)Nc2ccc(S(=O)(=O)F)cc2)c1. The number of methoxy groups -OCH3 is 1. The lowest BCUT2D eigenvalue weighted by Gasteiger charge is -2.11. The molecule has 0 bridgehead atoms. The number of halogens is 1. The first-order valence-corrected chi connectivity index (χ1v) is 10.5. The van der Waals surface area contributed by atoms with Gasteiger partial charge >= 0.3 is 10.2 Å². The number of non-ortho nitro benzene ring substituents is 1. The highest BCUT2D eigenvalue weighted by Crippen LogP contribution is 2.25. The number of nitro benzene ring substituents is 1. The van der Waals surface area contributed by atoms with Gasteiger partial charge in [-0.15, -0.1) is 3.89 Å². The number of ether oxygens (including phenoxy) is 1. The Morgan fingerprint density at radius 2 is 1.72 bits per heavy atom. The number of carbonyl (C=O) groups excluding carboxylic acids is 1. The number of rotatable bonds is 7. The second-order valence-corrected chi connectivity index (χ2v) is 7.90. The molecule has 10 heteroatoms. The number of nitro groups is 1. The third-order valence-electron chi connectivity index (χ3n) is 4.43. The fourth-order valence-electron chi connectivity index (χ4n) is 2.83. The maximum absolute atomic E-state index is 13.1. The van der Waals surface area contributed by atoms with Crippen LogP contribution in [0, 0.1) is 10.1 Å². The average Bonchev–Trinajstić information content (AvgIpc) is 2.77. The molecule has 0 fully saturated rings. The lowest BCUT2D eigenvalue weighted by Crippen LogP contribution is -2.13. The molecule has 0 saturated heterocycles. The monoisotopic (exact) mass is 456 g/mol. The van der Waals surface area contributed by atoms with Gasteiger partial charge in [-0.3, -0.25) is 14.9 Å². The highest BCUT2D eigenvalue weighted by molar-refractivity contribution is 7.86. The molecule has 0 aliphatic heterocycles. The van der Waals surface area contributed by atoms with Gasteiger partial charge < -0.3 is 10.1 Å². The van der Waals surface area contributed by atoms with Crippen molar-refractivity contribution in [1.82, 2.24) is 0 Å². The van der Waals surface area contributed by atoms with Gasteiger partial charge in [-0.05, 0) is 65.7 Å². The molecule has 32 heavy (non-hydrogen) atoms.